The first kappa shape index (κ1) is 23.5. The van der Waals surface area contributed by atoms with E-state index in [9.17, 15) is 9.90 Å². The molecule has 6 heteroatoms. The lowest BCUT2D eigenvalue weighted by molar-refractivity contribution is -0.117. The number of nitrogens with zero attached hydrogens (tertiary/aromatic N) is 3. The van der Waals surface area contributed by atoms with E-state index in [1.165, 1.54) is 37.7 Å². The van der Waals surface area contributed by atoms with Crippen LogP contribution in [0.2, 0.25) is 0 Å². The summed E-state index contributed by atoms with van der Waals surface area (Å²) in [4.78, 5) is 13.2. The molecule has 1 heterocycles. The highest BCUT2D eigenvalue weighted by Gasteiger charge is 2.43. The van der Waals surface area contributed by atoms with Gasteiger partial charge in [-0.2, -0.15) is 0 Å². The van der Waals surface area contributed by atoms with Gasteiger partial charge in [-0.1, -0.05) is 31.5 Å². The maximum Gasteiger partial charge on any atom is 0.225 e. The number of hydrogen-bond acceptors (Lipinski definition) is 4. The molecule has 34 heavy (non-hydrogen) atoms. The van der Waals surface area contributed by atoms with Crippen LogP contribution in [-0.4, -0.2) is 31.9 Å². The monoisotopic (exact) mass is 464 g/mol. The maximum absolute atomic E-state index is 13.2. The van der Waals surface area contributed by atoms with Gasteiger partial charge in [-0.05, 0) is 88.2 Å². The first-order chi connectivity index (χ1) is 16.3. The third-order valence-electron chi connectivity index (χ3n) is 8.18. The first-order valence-electron chi connectivity index (χ1n) is 13.3. The van der Waals surface area contributed by atoms with E-state index in [4.69, 9.17) is 10.2 Å². The molecule has 0 unspecified atom stereocenters. The van der Waals surface area contributed by atoms with E-state index in [1.807, 2.05) is 19.1 Å². The van der Waals surface area contributed by atoms with Crippen LogP contribution >= 0.6 is 0 Å². The molecule has 1 amide bonds. The Morgan fingerprint density at radius 1 is 1.15 bits per heavy atom. The summed E-state index contributed by atoms with van der Waals surface area (Å²) in [5, 5.41) is 22.6. The van der Waals surface area contributed by atoms with Crippen LogP contribution < -0.4 is 5.32 Å². The van der Waals surface area contributed by atoms with Crippen LogP contribution in [0.3, 0.4) is 0 Å². The van der Waals surface area contributed by atoms with Crippen molar-refractivity contribution >= 4 is 11.6 Å². The van der Waals surface area contributed by atoms with Crippen LogP contribution in [0.5, 0.6) is 0 Å². The Balaban J connectivity index is 1.35. The fourth-order valence-electron chi connectivity index (χ4n) is 6.14. The van der Waals surface area contributed by atoms with Crippen molar-refractivity contribution in [3.8, 4) is 0 Å². The summed E-state index contributed by atoms with van der Waals surface area (Å²) in [5.41, 5.74) is 3.14. The summed E-state index contributed by atoms with van der Waals surface area (Å²) in [6.45, 7) is 8.70. The summed E-state index contributed by atoms with van der Waals surface area (Å²) < 4.78 is 2.41. The van der Waals surface area contributed by atoms with E-state index in [0.717, 1.165) is 47.6 Å². The average Bonchev–Trinajstić information content (AvgIpc) is 3.47. The minimum absolute atomic E-state index is 0.00235. The summed E-state index contributed by atoms with van der Waals surface area (Å²) in [5.74, 6) is 4.49. The van der Waals surface area contributed by atoms with Crippen molar-refractivity contribution in [1.29, 1.82) is 0 Å². The average molecular weight is 465 g/mol. The van der Waals surface area contributed by atoms with Gasteiger partial charge in [0.1, 0.15) is 11.6 Å². The SMILES string of the molecule is Cc1ccc(NC(=O)C[C@H](c2nnc([C@H]3C[C@@H](CC(C)C)C3)n2C2CC2)[C@H]2C[C@@H](O)C2)c(C)c1. The van der Waals surface area contributed by atoms with Crippen LogP contribution in [0, 0.1) is 31.6 Å². The van der Waals surface area contributed by atoms with Crippen molar-refractivity contribution in [3.63, 3.8) is 0 Å². The quantitative estimate of drug-likeness (QED) is 0.502. The Kier molecular flexibility index (Phi) is 6.54. The van der Waals surface area contributed by atoms with E-state index in [0.29, 0.717) is 18.4 Å². The Morgan fingerprint density at radius 2 is 1.88 bits per heavy atom. The zero-order valence-corrected chi connectivity index (χ0v) is 21.1. The van der Waals surface area contributed by atoms with Crippen molar-refractivity contribution in [2.75, 3.05) is 5.32 Å². The molecular weight excluding hydrogens is 424 g/mol. The maximum atomic E-state index is 13.2. The molecule has 2 aromatic rings. The molecule has 0 radical (unpaired) electrons. The summed E-state index contributed by atoms with van der Waals surface area (Å²) >= 11 is 0. The molecule has 0 spiro atoms. The number of aliphatic hydroxyl groups is 1. The summed E-state index contributed by atoms with van der Waals surface area (Å²) in [6, 6.07) is 6.60. The molecule has 3 aliphatic rings. The van der Waals surface area contributed by atoms with Gasteiger partial charge in [0.05, 0.1) is 6.10 Å². The lowest BCUT2D eigenvalue weighted by Crippen LogP contribution is -2.36. The van der Waals surface area contributed by atoms with Gasteiger partial charge in [0, 0.05) is 30.0 Å². The van der Waals surface area contributed by atoms with Crippen LogP contribution in [0.25, 0.3) is 0 Å². The number of aliphatic hydroxyl groups excluding tert-OH is 1. The number of aryl methyl sites for hydroxylation is 2. The second kappa shape index (κ2) is 9.44. The molecule has 0 aliphatic heterocycles. The topological polar surface area (TPSA) is 80.0 Å². The molecule has 0 bridgehead atoms. The number of benzene rings is 1. The molecule has 5 rings (SSSR count). The molecule has 3 saturated carbocycles. The molecule has 1 atom stereocenters. The van der Waals surface area contributed by atoms with Crippen LogP contribution in [-0.2, 0) is 4.79 Å². The number of carbonyl (C=O) groups is 1. The van der Waals surface area contributed by atoms with Crippen molar-refractivity contribution < 1.29 is 9.90 Å². The largest absolute Gasteiger partial charge is 0.393 e. The Bertz CT molecular complexity index is 1030. The van der Waals surface area contributed by atoms with E-state index in [-0.39, 0.29) is 23.8 Å². The van der Waals surface area contributed by atoms with E-state index in [2.05, 4.69) is 36.7 Å². The summed E-state index contributed by atoms with van der Waals surface area (Å²) in [7, 11) is 0. The highest BCUT2D eigenvalue weighted by atomic mass is 16.3. The lowest BCUT2D eigenvalue weighted by Gasteiger charge is -2.38. The highest BCUT2D eigenvalue weighted by molar-refractivity contribution is 5.92. The van der Waals surface area contributed by atoms with Crippen molar-refractivity contribution in [1.82, 2.24) is 14.8 Å². The fraction of sp³-hybridized carbons (Fsp3) is 0.679. The highest BCUT2D eigenvalue weighted by Crippen LogP contribution is 2.49. The molecule has 0 saturated heterocycles. The van der Waals surface area contributed by atoms with E-state index in [1.54, 1.807) is 0 Å². The number of amides is 1. The molecule has 1 aromatic heterocycles. The number of aromatic nitrogens is 3. The third-order valence-corrected chi connectivity index (χ3v) is 8.18. The number of carbonyl (C=O) groups excluding carboxylic acids is 1. The Morgan fingerprint density at radius 3 is 2.50 bits per heavy atom. The fourth-order valence-corrected chi connectivity index (χ4v) is 6.14. The van der Waals surface area contributed by atoms with Gasteiger partial charge >= 0.3 is 0 Å². The van der Waals surface area contributed by atoms with Gasteiger partial charge in [0.2, 0.25) is 5.91 Å². The minimum Gasteiger partial charge on any atom is -0.393 e. The summed E-state index contributed by atoms with van der Waals surface area (Å²) in [6.07, 6.45) is 7.69. The molecule has 184 valence electrons. The van der Waals surface area contributed by atoms with Crippen molar-refractivity contribution in [2.24, 2.45) is 17.8 Å². The number of hydrogen-bond donors (Lipinski definition) is 2. The predicted octanol–water partition coefficient (Wildman–Crippen LogP) is 5.65. The van der Waals surface area contributed by atoms with Gasteiger partial charge in [-0.25, -0.2) is 0 Å². The van der Waals surface area contributed by atoms with Gasteiger partial charge in [0.25, 0.3) is 0 Å². The zero-order valence-electron chi connectivity index (χ0n) is 21.1. The molecule has 6 nitrogen and oxygen atoms in total. The molecular formula is C28H40N4O2. The third kappa shape index (κ3) is 4.93. The first-order valence-corrected chi connectivity index (χ1v) is 13.3. The standard InChI is InChI=1S/C28H40N4O2/c1-16(2)9-19-11-21(12-19)27-30-31-28(32(27)22-6-7-22)24(20-13-23(33)14-20)15-26(34)29-25-8-5-17(3)10-18(25)4/h5,8,10,16,19-24,33H,6-7,9,11-15H2,1-4H3,(H,29,34)/t19-,20-,21+,23+,24-/m0/s1. The number of rotatable bonds is 9. The Labute approximate surface area is 203 Å². The minimum atomic E-state index is -0.255. The second-order valence-corrected chi connectivity index (χ2v) is 11.7. The number of anilines is 1. The Hall–Kier alpha value is -2.21. The second-order valence-electron chi connectivity index (χ2n) is 11.7. The molecule has 1 aromatic carbocycles. The van der Waals surface area contributed by atoms with Gasteiger partial charge in [-0.15, -0.1) is 10.2 Å². The zero-order chi connectivity index (χ0) is 24.0. The van der Waals surface area contributed by atoms with Gasteiger partial charge in [-0.3, -0.25) is 4.79 Å². The van der Waals surface area contributed by atoms with Crippen molar-refractivity contribution in [3.05, 3.63) is 41.0 Å². The van der Waals surface area contributed by atoms with Crippen LogP contribution in [0.4, 0.5) is 5.69 Å². The van der Waals surface area contributed by atoms with Crippen LogP contribution in [0.15, 0.2) is 18.2 Å². The molecule has 3 fully saturated rings. The predicted molar refractivity (Wildman–Crippen MR) is 134 cm³/mol. The van der Waals surface area contributed by atoms with Crippen molar-refractivity contribution in [2.45, 2.75) is 103 Å². The lowest BCUT2D eigenvalue weighted by atomic mass is 9.70. The van der Waals surface area contributed by atoms with E-state index >= 15 is 0 Å². The molecule has 2 N–H and O–H groups in total. The van der Waals surface area contributed by atoms with Crippen LogP contribution in [0.1, 0.15) is 106 Å². The number of nitrogens with one attached hydrogen (secondary N) is 1. The van der Waals surface area contributed by atoms with E-state index < -0.39 is 0 Å². The van der Waals surface area contributed by atoms with Gasteiger partial charge in [0.15, 0.2) is 0 Å². The molecule has 3 aliphatic carbocycles. The normalized spacial score (nSPS) is 27.2. The smallest absolute Gasteiger partial charge is 0.225 e. The van der Waals surface area contributed by atoms with Gasteiger partial charge < -0.3 is 15.0 Å².